The van der Waals surface area contributed by atoms with Gasteiger partial charge in [0.2, 0.25) is 11.9 Å². The molecule has 0 radical (unpaired) electrons. The number of fused-ring (bicyclic) bond motifs is 2. The second-order valence-corrected chi connectivity index (χ2v) is 16.4. The van der Waals surface area contributed by atoms with Gasteiger partial charge in [-0.2, -0.15) is 9.97 Å². The molecule has 4 aliphatic heterocycles. The summed E-state index contributed by atoms with van der Waals surface area (Å²) in [6.45, 7) is 19.4. The Bertz CT molecular complexity index is 2600. The zero-order chi connectivity index (χ0) is 47.4. The molecule has 0 bridgehead atoms. The molecule has 1 amide bonds. The molecule has 0 aromatic carbocycles. The summed E-state index contributed by atoms with van der Waals surface area (Å²) in [7, 11) is 3.29. The molecule has 4 aromatic rings. The molecule has 8 rings (SSSR count). The number of aromatic nitrogens is 6. The molecule has 4 saturated heterocycles. The van der Waals surface area contributed by atoms with Crippen LogP contribution in [0.4, 0.5) is 28.3 Å². The van der Waals surface area contributed by atoms with Crippen molar-refractivity contribution in [3.8, 4) is 70.7 Å². The highest BCUT2D eigenvalue weighted by Crippen LogP contribution is 2.36. The molecule has 17 nitrogen and oxygen atoms in total. The van der Waals surface area contributed by atoms with E-state index in [1.807, 2.05) is 20.8 Å². The summed E-state index contributed by atoms with van der Waals surface area (Å²) in [5, 5.41) is 1.80. The van der Waals surface area contributed by atoms with Gasteiger partial charge in [-0.15, -0.1) is 0 Å². The van der Waals surface area contributed by atoms with E-state index in [0.717, 1.165) is 97.6 Å². The van der Waals surface area contributed by atoms with Crippen molar-refractivity contribution in [1.82, 2.24) is 34.8 Å². The molecule has 0 N–H and O–H groups in total. The van der Waals surface area contributed by atoms with Crippen molar-refractivity contribution in [3.63, 3.8) is 0 Å². The van der Waals surface area contributed by atoms with Crippen molar-refractivity contribution >= 4 is 51.4 Å². The number of carbonyl (C=O) groups excluding carboxylic acids is 1. The first-order chi connectivity index (χ1) is 32.6. The number of anilines is 4. The van der Waals surface area contributed by atoms with Crippen LogP contribution in [0.15, 0.2) is 24.8 Å². The van der Waals surface area contributed by atoms with Gasteiger partial charge in [0.25, 0.3) is 0 Å². The third-order valence-corrected chi connectivity index (χ3v) is 10.7. The third-order valence-electron chi connectivity index (χ3n) is 10.7. The van der Waals surface area contributed by atoms with Crippen molar-refractivity contribution in [2.45, 2.75) is 66.9 Å². The van der Waals surface area contributed by atoms with E-state index in [1.54, 1.807) is 57.8 Å². The molecule has 0 unspecified atom stereocenters. The number of hydrogen-bond donors (Lipinski definition) is 0. The van der Waals surface area contributed by atoms with Crippen molar-refractivity contribution < 1.29 is 28.5 Å². The Labute approximate surface area is 401 Å². The van der Waals surface area contributed by atoms with Gasteiger partial charge in [-0.3, -0.25) is 9.97 Å². The van der Waals surface area contributed by atoms with E-state index in [9.17, 15) is 4.79 Å². The average Bonchev–Trinajstić information content (AvgIpc) is 3.36. The van der Waals surface area contributed by atoms with Crippen LogP contribution in [0.5, 0.6) is 11.5 Å². The SMILES string of the molecule is C.CC#CC#CC#CC#CC#CC.COc1cncc2nc(N3CCOCC3)nc(N3CCCCC3)c12.COc1cncc2nc(N3CCOCC3)nc(N3CCN(C(=O)OC(C)(C)C)CC3)c12. The lowest BCUT2D eigenvalue weighted by Gasteiger charge is -2.37. The molecule has 4 aliphatic rings. The molecular weight excluding hydrogens is 863 g/mol. The largest absolute Gasteiger partial charge is 0.494 e. The number of carbonyl (C=O) groups is 1. The number of piperidine rings is 1. The van der Waals surface area contributed by atoms with Crippen LogP contribution in [0.3, 0.4) is 0 Å². The number of ether oxygens (including phenoxy) is 5. The highest BCUT2D eigenvalue weighted by molar-refractivity contribution is 5.96. The zero-order valence-electron chi connectivity index (χ0n) is 39.7. The van der Waals surface area contributed by atoms with Crippen LogP contribution < -0.4 is 29.1 Å². The highest BCUT2D eigenvalue weighted by Gasteiger charge is 2.29. The fourth-order valence-corrected chi connectivity index (χ4v) is 7.47. The Hall–Kier alpha value is -7.23. The van der Waals surface area contributed by atoms with E-state index >= 15 is 0 Å². The first-order valence-electron chi connectivity index (χ1n) is 22.5. The molecule has 17 heteroatoms. The Morgan fingerprint density at radius 1 is 0.544 bits per heavy atom. The number of pyridine rings is 2. The minimum Gasteiger partial charge on any atom is -0.494 e. The van der Waals surface area contributed by atoms with Crippen LogP contribution in [0, 0.1) is 59.2 Å². The predicted octanol–water partition coefficient (Wildman–Crippen LogP) is 5.47. The quantitative estimate of drug-likeness (QED) is 0.224. The van der Waals surface area contributed by atoms with Gasteiger partial charge >= 0.3 is 6.09 Å². The molecular formula is C51H63N11O6. The predicted molar refractivity (Wildman–Crippen MR) is 267 cm³/mol. The van der Waals surface area contributed by atoms with Crippen molar-refractivity contribution in [2.75, 3.05) is 126 Å². The van der Waals surface area contributed by atoms with Gasteiger partial charge in [0, 0.05) is 65.4 Å². The topological polar surface area (TPSA) is 157 Å². The lowest BCUT2D eigenvalue weighted by atomic mass is 10.1. The molecule has 68 heavy (non-hydrogen) atoms. The van der Waals surface area contributed by atoms with Crippen LogP contribution in [0.1, 0.15) is 61.3 Å². The molecule has 8 heterocycles. The highest BCUT2D eigenvalue weighted by atomic mass is 16.6. The summed E-state index contributed by atoms with van der Waals surface area (Å²) in [6, 6.07) is 0. The summed E-state index contributed by atoms with van der Waals surface area (Å²) < 4.78 is 27.6. The maximum absolute atomic E-state index is 12.4. The Balaban J connectivity index is 0.000000207. The fourth-order valence-electron chi connectivity index (χ4n) is 7.47. The number of nitrogens with zero attached hydrogens (tertiary/aromatic N) is 11. The second-order valence-electron chi connectivity index (χ2n) is 16.4. The summed E-state index contributed by atoms with van der Waals surface area (Å²) in [5.41, 5.74) is 1.07. The fraction of sp³-hybridized carbons (Fsp3) is 0.510. The molecule has 4 fully saturated rings. The van der Waals surface area contributed by atoms with Crippen LogP contribution in [-0.2, 0) is 14.2 Å². The number of amides is 1. The molecule has 0 spiro atoms. The minimum absolute atomic E-state index is 0. The van der Waals surface area contributed by atoms with Gasteiger partial charge in [-0.05, 0) is 101 Å². The van der Waals surface area contributed by atoms with Gasteiger partial charge < -0.3 is 48.2 Å². The monoisotopic (exact) mass is 925 g/mol. The summed E-state index contributed by atoms with van der Waals surface area (Å²) >= 11 is 0. The van der Waals surface area contributed by atoms with Crippen molar-refractivity contribution in [3.05, 3.63) is 24.8 Å². The smallest absolute Gasteiger partial charge is 0.410 e. The number of piperazine rings is 1. The normalized spacial score (nSPS) is 15.4. The van der Waals surface area contributed by atoms with E-state index in [2.05, 4.69) is 88.8 Å². The minimum atomic E-state index is -0.509. The summed E-state index contributed by atoms with van der Waals surface area (Å²) in [5.74, 6) is 30.1. The van der Waals surface area contributed by atoms with Crippen LogP contribution in [0.2, 0.25) is 0 Å². The van der Waals surface area contributed by atoms with E-state index in [4.69, 9.17) is 43.6 Å². The van der Waals surface area contributed by atoms with Gasteiger partial charge in [-0.25, -0.2) is 14.8 Å². The van der Waals surface area contributed by atoms with Crippen molar-refractivity contribution in [2.24, 2.45) is 0 Å². The van der Waals surface area contributed by atoms with Gasteiger partial charge in [0.05, 0.1) is 76.2 Å². The van der Waals surface area contributed by atoms with E-state index in [0.29, 0.717) is 51.1 Å². The van der Waals surface area contributed by atoms with Crippen LogP contribution >= 0.6 is 0 Å². The maximum Gasteiger partial charge on any atom is 0.410 e. The van der Waals surface area contributed by atoms with Crippen molar-refractivity contribution in [1.29, 1.82) is 0 Å². The van der Waals surface area contributed by atoms with Crippen LogP contribution in [-0.4, -0.2) is 153 Å². The number of rotatable bonds is 6. The third kappa shape index (κ3) is 14.4. The van der Waals surface area contributed by atoms with E-state index < -0.39 is 5.60 Å². The standard InChI is InChI=1S/C21H30N6O4.C17H23N5O2.C12H6.CH4/c1-21(2,3)31-20(28)27-7-5-25(6-8-27)18-17-15(13-22-14-16(17)29-4)23-19(24-18)26-9-11-30-12-10-26;1-23-14-12-18-11-13-15(14)16(21-5-3-2-4-6-21)20-17(19-13)22-7-9-24-10-8-22;1-3-5-7-9-11-12-10-8-6-4-2;/h13-14H,5-12H2,1-4H3;11-12H,2-10H2,1H3;1-2H3;1H4. The number of morpholine rings is 2. The lowest BCUT2D eigenvalue weighted by molar-refractivity contribution is 0.0240. The van der Waals surface area contributed by atoms with Gasteiger partial charge in [0.1, 0.15) is 39.8 Å². The zero-order valence-corrected chi connectivity index (χ0v) is 39.7. The first kappa shape index (κ1) is 51.7. The lowest BCUT2D eigenvalue weighted by Crippen LogP contribution is -2.50. The number of hydrogen-bond acceptors (Lipinski definition) is 16. The Morgan fingerprint density at radius 3 is 1.35 bits per heavy atom. The first-order valence-corrected chi connectivity index (χ1v) is 22.5. The van der Waals surface area contributed by atoms with E-state index in [1.165, 1.54) is 19.3 Å². The number of methoxy groups -OCH3 is 2. The van der Waals surface area contributed by atoms with Gasteiger partial charge in [0.15, 0.2) is 0 Å². The molecule has 0 atom stereocenters. The summed E-state index contributed by atoms with van der Waals surface area (Å²) in [4.78, 5) is 51.0. The molecule has 0 saturated carbocycles. The summed E-state index contributed by atoms with van der Waals surface area (Å²) in [6.07, 6.45) is 10.4. The molecule has 4 aromatic heterocycles. The Kier molecular flexibility index (Phi) is 19.9. The maximum atomic E-state index is 12.4. The van der Waals surface area contributed by atoms with E-state index in [-0.39, 0.29) is 13.5 Å². The van der Waals surface area contributed by atoms with Gasteiger partial charge in [-0.1, -0.05) is 19.3 Å². The van der Waals surface area contributed by atoms with Crippen LogP contribution in [0.25, 0.3) is 21.8 Å². The second kappa shape index (κ2) is 26.2. The molecule has 0 aliphatic carbocycles. The molecule has 358 valence electrons. The Morgan fingerprint density at radius 2 is 0.956 bits per heavy atom. The average molecular weight is 926 g/mol.